The highest BCUT2D eigenvalue weighted by Crippen LogP contribution is 2.29. The number of hydrogen-bond acceptors (Lipinski definition) is 6. The number of fused-ring (bicyclic) bond motifs is 1. The minimum Gasteiger partial charge on any atom is -0.508 e. The topological polar surface area (TPSA) is 116 Å². The molecular formula is C26H33ClN2O6. The summed E-state index contributed by atoms with van der Waals surface area (Å²) in [6.07, 6.45) is 2.04. The number of aliphatic carboxylic acids is 1. The Balaban J connectivity index is 0.00000432. The number of rotatable bonds is 11. The number of nitrogens with zero attached hydrogens (tertiary/aromatic N) is 1. The molecule has 9 heteroatoms. The molecule has 0 saturated heterocycles. The van der Waals surface area contributed by atoms with E-state index in [-0.39, 0.29) is 30.8 Å². The molecule has 1 unspecified atom stereocenters. The van der Waals surface area contributed by atoms with Gasteiger partial charge in [0.15, 0.2) is 0 Å². The monoisotopic (exact) mass is 504 g/mol. The Hall–Kier alpha value is -3.10. The number of amides is 1. The Kier molecular flexibility index (Phi) is 10.5. The van der Waals surface area contributed by atoms with Gasteiger partial charge in [0.2, 0.25) is 5.91 Å². The SMILES string of the molecule is CCOC(=O)[C@H](CCc1ccccc1)N[C@@H](C)C(=O)N(CC(=O)O)C1Cc2ccc(O)cc2C1.Cl. The smallest absolute Gasteiger partial charge is 0.323 e. The number of aromatic hydroxyl groups is 1. The molecule has 1 amide bonds. The Morgan fingerprint density at radius 3 is 2.46 bits per heavy atom. The molecule has 1 aliphatic rings. The lowest BCUT2D eigenvalue weighted by Gasteiger charge is -2.31. The van der Waals surface area contributed by atoms with Crippen LogP contribution < -0.4 is 5.32 Å². The first kappa shape index (κ1) is 28.1. The van der Waals surface area contributed by atoms with Gasteiger partial charge in [-0.1, -0.05) is 36.4 Å². The molecule has 2 aromatic rings. The fourth-order valence-electron chi connectivity index (χ4n) is 4.42. The quantitative estimate of drug-likeness (QED) is 0.403. The summed E-state index contributed by atoms with van der Waals surface area (Å²) in [6.45, 7) is 3.15. The number of benzene rings is 2. The van der Waals surface area contributed by atoms with Gasteiger partial charge in [-0.15, -0.1) is 12.4 Å². The van der Waals surface area contributed by atoms with Gasteiger partial charge < -0.3 is 19.8 Å². The van der Waals surface area contributed by atoms with Gasteiger partial charge in [-0.2, -0.15) is 0 Å². The van der Waals surface area contributed by atoms with E-state index >= 15 is 0 Å². The lowest BCUT2D eigenvalue weighted by molar-refractivity contribution is -0.149. The summed E-state index contributed by atoms with van der Waals surface area (Å²) in [4.78, 5) is 38.9. The maximum absolute atomic E-state index is 13.4. The first-order valence-corrected chi connectivity index (χ1v) is 11.6. The number of carboxylic acids is 1. The number of halogens is 1. The van der Waals surface area contributed by atoms with E-state index in [0.717, 1.165) is 16.7 Å². The number of phenols is 1. The normalized spacial score (nSPS) is 15.9. The van der Waals surface area contributed by atoms with E-state index in [4.69, 9.17) is 4.74 Å². The van der Waals surface area contributed by atoms with Gasteiger partial charge in [-0.3, -0.25) is 19.7 Å². The lowest BCUT2D eigenvalue weighted by Crippen LogP contribution is -2.54. The molecule has 0 aromatic heterocycles. The number of hydrogen-bond donors (Lipinski definition) is 3. The average molecular weight is 505 g/mol. The maximum atomic E-state index is 13.4. The van der Waals surface area contributed by atoms with Crippen molar-refractivity contribution in [3.8, 4) is 5.75 Å². The molecule has 0 radical (unpaired) electrons. The molecule has 8 nitrogen and oxygen atoms in total. The second kappa shape index (κ2) is 13.1. The Labute approximate surface area is 211 Å². The zero-order chi connectivity index (χ0) is 24.7. The molecule has 1 aliphatic carbocycles. The molecule has 190 valence electrons. The third-order valence-electron chi connectivity index (χ3n) is 6.09. The molecule has 35 heavy (non-hydrogen) atoms. The van der Waals surface area contributed by atoms with Gasteiger partial charge in [0.1, 0.15) is 18.3 Å². The van der Waals surface area contributed by atoms with Crippen LogP contribution in [0.5, 0.6) is 5.75 Å². The van der Waals surface area contributed by atoms with Crippen molar-refractivity contribution in [3.63, 3.8) is 0 Å². The number of carboxylic acid groups (broad SMARTS) is 1. The second-order valence-electron chi connectivity index (χ2n) is 8.59. The van der Waals surface area contributed by atoms with Crippen molar-refractivity contribution in [1.29, 1.82) is 0 Å². The summed E-state index contributed by atoms with van der Waals surface area (Å²) in [5.41, 5.74) is 2.96. The molecule has 0 aliphatic heterocycles. The van der Waals surface area contributed by atoms with Crippen LogP contribution in [0.3, 0.4) is 0 Å². The summed E-state index contributed by atoms with van der Waals surface area (Å²) < 4.78 is 5.21. The first-order chi connectivity index (χ1) is 16.3. The lowest BCUT2D eigenvalue weighted by atomic mass is 10.0. The maximum Gasteiger partial charge on any atom is 0.323 e. The van der Waals surface area contributed by atoms with Crippen molar-refractivity contribution < 1.29 is 29.3 Å². The van der Waals surface area contributed by atoms with E-state index in [1.807, 2.05) is 30.3 Å². The van der Waals surface area contributed by atoms with Crippen molar-refractivity contribution >= 4 is 30.3 Å². The zero-order valence-electron chi connectivity index (χ0n) is 20.0. The number of phenolic OH excluding ortho intramolecular Hbond substituents is 1. The fourth-order valence-corrected chi connectivity index (χ4v) is 4.42. The van der Waals surface area contributed by atoms with Crippen LogP contribution in [-0.4, -0.2) is 64.2 Å². The van der Waals surface area contributed by atoms with Crippen molar-refractivity contribution in [2.45, 2.75) is 57.7 Å². The number of nitrogens with one attached hydrogen (secondary N) is 1. The highest BCUT2D eigenvalue weighted by Gasteiger charge is 2.35. The molecule has 0 heterocycles. The van der Waals surface area contributed by atoms with Gasteiger partial charge in [0.05, 0.1) is 12.6 Å². The molecule has 3 rings (SSSR count). The molecule has 2 aromatic carbocycles. The van der Waals surface area contributed by atoms with Gasteiger partial charge in [0.25, 0.3) is 0 Å². The van der Waals surface area contributed by atoms with Crippen molar-refractivity contribution in [2.24, 2.45) is 0 Å². The summed E-state index contributed by atoms with van der Waals surface area (Å²) in [5.74, 6) is -1.79. The van der Waals surface area contributed by atoms with Gasteiger partial charge in [0, 0.05) is 6.04 Å². The van der Waals surface area contributed by atoms with Crippen LogP contribution in [-0.2, 0) is 38.4 Å². The Bertz CT molecular complexity index is 1020. The first-order valence-electron chi connectivity index (χ1n) is 11.6. The van der Waals surface area contributed by atoms with Gasteiger partial charge in [-0.25, -0.2) is 0 Å². The third kappa shape index (κ3) is 7.70. The van der Waals surface area contributed by atoms with E-state index in [9.17, 15) is 24.6 Å². The largest absolute Gasteiger partial charge is 0.508 e. The van der Waals surface area contributed by atoms with Crippen LogP contribution in [0.4, 0.5) is 0 Å². The van der Waals surface area contributed by atoms with Crippen LogP contribution in [0, 0.1) is 0 Å². The highest BCUT2D eigenvalue weighted by atomic mass is 35.5. The van der Waals surface area contributed by atoms with E-state index in [2.05, 4.69) is 5.32 Å². The predicted molar refractivity (Wildman–Crippen MR) is 134 cm³/mol. The van der Waals surface area contributed by atoms with Crippen LogP contribution in [0.15, 0.2) is 48.5 Å². The molecule has 0 spiro atoms. The molecule has 0 fully saturated rings. The van der Waals surface area contributed by atoms with Crippen LogP contribution in [0.25, 0.3) is 0 Å². The van der Waals surface area contributed by atoms with Crippen LogP contribution in [0.1, 0.15) is 37.0 Å². The van der Waals surface area contributed by atoms with E-state index in [1.54, 1.807) is 32.0 Å². The molecule has 3 N–H and O–H groups in total. The zero-order valence-corrected chi connectivity index (χ0v) is 20.8. The summed E-state index contributed by atoms with van der Waals surface area (Å²) in [7, 11) is 0. The minimum atomic E-state index is -1.11. The number of carbonyl (C=O) groups excluding carboxylic acids is 2. The number of esters is 1. The fraction of sp³-hybridized carbons (Fsp3) is 0.423. The van der Waals surface area contributed by atoms with Crippen LogP contribution >= 0.6 is 12.4 Å². The predicted octanol–water partition coefficient (Wildman–Crippen LogP) is 2.74. The number of carbonyl (C=O) groups is 3. The molecular weight excluding hydrogens is 472 g/mol. The van der Waals surface area contributed by atoms with E-state index < -0.39 is 36.5 Å². The van der Waals surface area contributed by atoms with Crippen molar-refractivity contribution in [1.82, 2.24) is 10.2 Å². The van der Waals surface area contributed by atoms with E-state index in [1.165, 1.54) is 4.90 Å². The molecule has 0 bridgehead atoms. The summed E-state index contributed by atoms with van der Waals surface area (Å²) in [6, 6.07) is 12.9. The van der Waals surface area contributed by atoms with Crippen molar-refractivity contribution in [2.75, 3.05) is 13.2 Å². The Morgan fingerprint density at radius 1 is 1.11 bits per heavy atom. The second-order valence-corrected chi connectivity index (χ2v) is 8.59. The standard InChI is InChI=1S/C26H32N2O6.ClH/c1-3-34-26(33)23(12-9-18-7-5-4-6-8-18)27-17(2)25(32)28(16-24(30)31)21-13-19-10-11-22(29)15-20(19)14-21;/h4-8,10-11,15,17,21,23,27,29H,3,9,12-14,16H2,1-2H3,(H,30,31);1H/t17-,21?,23-;/m0./s1. The van der Waals surface area contributed by atoms with Crippen molar-refractivity contribution in [3.05, 3.63) is 65.2 Å². The molecule has 0 saturated carbocycles. The minimum absolute atomic E-state index is 0. The number of aryl methyl sites for hydroxylation is 1. The van der Waals surface area contributed by atoms with E-state index in [0.29, 0.717) is 25.7 Å². The van der Waals surface area contributed by atoms with Crippen LogP contribution in [0.2, 0.25) is 0 Å². The summed E-state index contributed by atoms with van der Waals surface area (Å²) in [5, 5.41) is 22.3. The third-order valence-corrected chi connectivity index (χ3v) is 6.09. The Morgan fingerprint density at radius 2 is 1.80 bits per heavy atom. The number of ether oxygens (including phenoxy) is 1. The average Bonchev–Trinajstić information content (AvgIpc) is 3.23. The molecule has 3 atom stereocenters. The summed E-state index contributed by atoms with van der Waals surface area (Å²) >= 11 is 0. The van der Waals surface area contributed by atoms with Gasteiger partial charge >= 0.3 is 11.9 Å². The highest BCUT2D eigenvalue weighted by molar-refractivity contribution is 5.86. The van der Waals surface area contributed by atoms with Gasteiger partial charge in [-0.05, 0) is 68.4 Å².